The van der Waals surface area contributed by atoms with Crippen molar-refractivity contribution in [1.82, 2.24) is 0 Å². The highest BCUT2D eigenvalue weighted by molar-refractivity contribution is 7.25. The quantitative estimate of drug-likeness (QED) is 0.122. The first-order valence-electron chi connectivity index (χ1n) is 35.3. The normalized spacial score (nSPS) is 11.8. The van der Waals surface area contributed by atoms with Gasteiger partial charge in [0.15, 0.2) is 0 Å². The average Bonchev–Trinajstić information content (AvgIpc) is 1.83. The van der Waals surface area contributed by atoms with E-state index in [0.29, 0.717) is 0 Å². The lowest BCUT2D eigenvalue weighted by Gasteiger charge is -2.26. The first-order valence-corrected chi connectivity index (χ1v) is 36.1. The molecule has 4 aromatic heterocycles. The van der Waals surface area contributed by atoms with E-state index in [-0.39, 0.29) is 0 Å². The highest BCUT2D eigenvalue weighted by Crippen LogP contribution is 2.46. The minimum Gasteiger partial charge on any atom is -0.456 e. The largest absolute Gasteiger partial charge is 0.456 e. The van der Waals surface area contributed by atoms with Crippen molar-refractivity contribution < 1.29 is 13.3 Å². The Morgan fingerprint density at radius 1 is 0.192 bits per heavy atom. The lowest BCUT2D eigenvalue weighted by molar-refractivity contribution is 0.668. The van der Waals surface area contributed by atoms with E-state index < -0.39 is 0 Å². The third kappa shape index (κ3) is 10.1. The Balaban J connectivity index is 0.576. The van der Waals surface area contributed by atoms with E-state index in [2.05, 4.69) is 337 Å². The Morgan fingerprint density at radius 2 is 0.606 bits per heavy atom. The van der Waals surface area contributed by atoms with Crippen LogP contribution in [0.25, 0.3) is 174 Å². The fourth-order valence-electron chi connectivity index (χ4n) is 15.9. The summed E-state index contributed by atoms with van der Waals surface area (Å²) in [7, 11) is 0. The number of anilines is 6. The zero-order valence-electron chi connectivity index (χ0n) is 56.2. The van der Waals surface area contributed by atoms with Crippen molar-refractivity contribution in [3.05, 3.63) is 364 Å². The van der Waals surface area contributed by atoms with Crippen molar-refractivity contribution in [3.63, 3.8) is 0 Å². The summed E-state index contributed by atoms with van der Waals surface area (Å²) < 4.78 is 21.9. The topological polar surface area (TPSA) is 45.9 Å². The molecule has 0 amide bonds. The summed E-state index contributed by atoms with van der Waals surface area (Å²) in [5.41, 5.74) is 25.3. The monoisotopic (exact) mass is 1340 g/mol. The van der Waals surface area contributed by atoms with Crippen LogP contribution in [0.2, 0.25) is 0 Å². The smallest absolute Gasteiger partial charge is 0.143 e. The molecule has 0 aliphatic heterocycles. The molecule has 0 saturated carbocycles. The van der Waals surface area contributed by atoms with Crippen LogP contribution in [0, 0.1) is 0 Å². The molecule has 0 N–H and O–H groups in total. The maximum Gasteiger partial charge on any atom is 0.143 e. The minimum atomic E-state index is 0.859. The van der Waals surface area contributed by atoms with E-state index in [1.807, 2.05) is 47.7 Å². The van der Waals surface area contributed by atoms with E-state index in [1.165, 1.54) is 64.0 Å². The van der Waals surface area contributed by atoms with Gasteiger partial charge in [-0.2, -0.15) is 0 Å². The van der Waals surface area contributed by atoms with Gasteiger partial charge in [-0.3, -0.25) is 0 Å². The maximum atomic E-state index is 6.52. The first-order chi connectivity index (χ1) is 51.5. The minimum absolute atomic E-state index is 0.859. The number of rotatable bonds is 12. The van der Waals surface area contributed by atoms with Gasteiger partial charge in [-0.25, -0.2) is 0 Å². The number of hydrogen-bond donors (Lipinski definition) is 0. The molecule has 0 saturated heterocycles. The summed E-state index contributed by atoms with van der Waals surface area (Å²) in [5.74, 6) is 0. The number of nitrogens with zero attached hydrogens (tertiary/aromatic N) is 2. The van der Waals surface area contributed by atoms with Gasteiger partial charge in [0.1, 0.15) is 33.5 Å². The van der Waals surface area contributed by atoms with E-state index in [9.17, 15) is 0 Å². The lowest BCUT2D eigenvalue weighted by Crippen LogP contribution is -2.10. The maximum absolute atomic E-state index is 6.52. The van der Waals surface area contributed by atoms with Gasteiger partial charge in [0.25, 0.3) is 0 Å². The summed E-state index contributed by atoms with van der Waals surface area (Å²) in [5, 5.41) is 14.1. The molecule has 21 aromatic rings. The zero-order chi connectivity index (χ0) is 68.3. The number of hydrogen-bond acceptors (Lipinski definition) is 6. The Hall–Kier alpha value is -13.5. The Morgan fingerprint density at radius 3 is 1.29 bits per heavy atom. The molecule has 0 spiro atoms. The van der Waals surface area contributed by atoms with Gasteiger partial charge in [0, 0.05) is 98.2 Å². The molecule has 0 bridgehead atoms. The van der Waals surface area contributed by atoms with Gasteiger partial charge in [-0.1, -0.05) is 224 Å². The van der Waals surface area contributed by atoms with Gasteiger partial charge in [0.05, 0.1) is 0 Å². The molecule has 104 heavy (non-hydrogen) atoms. The van der Waals surface area contributed by atoms with Crippen LogP contribution in [0.4, 0.5) is 34.1 Å². The molecular weight excluding hydrogens is 1290 g/mol. The third-order valence-corrected chi connectivity index (χ3v) is 22.2. The number of thiophene rings is 1. The molecule has 486 valence electrons. The van der Waals surface area contributed by atoms with Crippen LogP contribution < -0.4 is 9.80 Å². The van der Waals surface area contributed by atoms with Crippen molar-refractivity contribution in [2.45, 2.75) is 0 Å². The summed E-state index contributed by atoms with van der Waals surface area (Å²) >= 11 is 1.86. The van der Waals surface area contributed by atoms with Crippen molar-refractivity contribution in [2.24, 2.45) is 0 Å². The Bertz CT molecular complexity index is 6990. The van der Waals surface area contributed by atoms with Crippen LogP contribution >= 0.6 is 11.3 Å². The van der Waals surface area contributed by atoms with Crippen LogP contribution in [-0.4, -0.2) is 0 Å². The van der Waals surface area contributed by atoms with Gasteiger partial charge >= 0.3 is 0 Å². The molecule has 6 heteroatoms. The van der Waals surface area contributed by atoms with E-state index in [4.69, 9.17) is 13.3 Å². The van der Waals surface area contributed by atoms with Crippen molar-refractivity contribution >= 4 is 153 Å². The molecular formula is C98H60N2O3S. The predicted molar refractivity (Wildman–Crippen MR) is 438 cm³/mol. The molecule has 4 heterocycles. The SMILES string of the molecule is c1cc(-c2ccc3cc(-c4ccc5c(c4)sc4ccc(-c6ccc(N(c7cccc(-c8ccc9ccccc9c8)c7)c7ccc8c(c7)oc7ccccc78)cc6)cc45)ccc3c2)cc(N(c2ccc(-c3cccc4c3oc3ccccc34)cc2)c2ccc(-c3cccc4oc5ccccc5c34)cc2)c1. The van der Waals surface area contributed by atoms with Crippen LogP contribution in [0.15, 0.2) is 377 Å². The van der Waals surface area contributed by atoms with E-state index >= 15 is 0 Å². The average molecular weight is 1350 g/mol. The molecule has 0 radical (unpaired) electrons. The number of para-hydroxylation sites is 4. The molecule has 0 aliphatic carbocycles. The second-order valence-electron chi connectivity index (χ2n) is 27.1. The summed E-state index contributed by atoms with van der Waals surface area (Å²) in [6.07, 6.45) is 0. The van der Waals surface area contributed by atoms with Gasteiger partial charge in [-0.15, -0.1) is 11.3 Å². The van der Waals surface area contributed by atoms with Crippen LogP contribution in [0.1, 0.15) is 0 Å². The Labute approximate surface area is 602 Å². The van der Waals surface area contributed by atoms with E-state index in [0.717, 1.165) is 144 Å². The van der Waals surface area contributed by atoms with Crippen molar-refractivity contribution in [3.8, 4) is 66.8 Å². The van der Waals surface area contributed by atoms with Crippen molar-refractivity contribution in [1.29, 1.82) is 0 Å². The van der Waals surface area contributed by atoms with Crippen LogP contribution in [0.5, 0.6) is 0 Å². The predicted octanol–water partition coefficient (Wildman–Crippen LogP) is 29.0. The molecule has 5 nitrogen and oxygen atoms in total. The number of furan rings is 3. The summed E-state index contributed by atoms with van der Waals surface area (Å²) in [6.45, 7) is 0. The molecule has 0 unspecified atom stereocenters. The zero-order valence-corrected chi connectivity index (χ0v) is 57.0. The molecule has 21 rings (SSSR count). The Kier molecular flexibility index (Phi) is 13.8. The van der Waals surface area contributed by atoms with Crippen LogP contribution in [-0.2, 0) is 0 Å². The second-order valence-corrected chi connectivity index (χ2v) is 28.2. The fraction of sp³-hybridized carbons (Fsp3) is 0. The summed E-state index contributed by atoms with van der Waals surface area (Å²) in [4.78, 5) is 4.70. The molecule has 0 atom stereocenters. The fourth-order valence-corrected chi connectivity index (χ4v) is 17.0. The van der Waals surface area contributed by atoms with E-state index in [1.54, 1.807) is 0 Å². The first kappa shape index (κ1) is 59.4. The number of fused-ring (bicyclic) bond motifs is 14. The van der Waals surface area contributed by atoms with Gasteiger partial charge in [0.2, 0.25) is 0 Å². The third-order valence-electron chi connectivity index (χ3n) is 21.0. The lowest BCUT2D eigenvalue weighted by atomic mass is 9.96. The van der Waals surface area contributed by atoms with Crippen LogP contribution in [0.3, 0.4) is 0 Å². The molecule has 17 aromatic carbocycles. The van der Waals surface area contributed by atoms with Gasteiger partial charge < -0.3 is 23.1 Å². The number of benzene rings is 17. The summed E-state index contributed by atoms with van der Waals surface area (Å²) in [6, 6.07) is 132. The highest BCUT2D eigenvalue weighted by atomic mass is 32.1. The molecule has 0 fully saturated rings. The highest BCUT2D eigenvalue weighted by Gasteiger charge is 2.22. The standard InChI is InChI=1S/C98H60N2O3S/c1-2-14-65-53-68(30-29-61(65)13-1)67-16-10-18-79(57-67)100(80-49-51-85-83-19-3-6-25-90(83)102-94(85)60-80)77-43-35-62(36-44-77)73-42-52-95-89(58-73)86-50-41-74(59-96(86)104-95)72-34-33-70-54-69(31-32-71(70)55-72)66-15-9-17-78(56-66)99(75-45-37-63(38-46-75)81-22-12-28-93-97(81)88-21-5-8-27-92(88)101-93)76-47-39-64(40-48-76)82-23-11-24-87-84-20-4-7-26-91(84)103-98(82)87/h1-60H. The van der Waals surface area contributed by atoms with Gasteiger partial charge in [-0.05, 0) is 216 Å². The second kappa shape index (κ2) is 24.1. The van der Waals surface area contributed by atoms with Crippen molar-refractivity contribution in [2.75, 3.05) is 9.80 Å². The molecule has 0 aliphatic rings.